The van der Waals surface area contributed by atoms with E-state index in [-0.39, 0.29) is 23.6 Å². The van der Waals surface area contributed by atoms with Gasteiger partial charge in [-0.15, -0.1) is 0 Å². The maximum absolute atomic E-state index is 12.8. The fraction of sp³-hybridized carbons (Fsp3) is 0.500. The Labute approximate surface area is 181 Å². The highest BCUT2D eigenvalue weighted by Crippen LogP contribution is 2.52. The van der Waals surface area contributed by atoms with Crippen molar-refractivity contribution >= 4 is 5.97 Å². The Balaban J connectivity index is 1.80. The first kappa shape index (κ1) is 21.4. The Kier molecular flexibility index (Phi) is 6.32. The van der Waals surface area contributed by atoms with Gasteiger partial charge in [-0.3, -0.25) is 4.79 Å². The smallest absolute Gasteiger partial charge is 0.343 e. The molecule has 0 N–H and O–H groups in total. The molecule has 2 unspecified atom stereocenters. The Morgan fingerprint density at radius 2 is 1.97 bits per heavy atom. The summed E-state index contributed by atoms with van der Waals surface area (Å²) in [6.45, 7) is 3.14. The quantitative estimate of drug-likeness (QED) is 0.469. The van der Waals surface area contributed by atoms with Crippen LogP contribution < -0.4 is 14.9 Å². The number of esters is 1. The maximum atomic E-state index is 12.8. The van der Waals surface area contributed by atoms with Crippen LogP contribution in [0.25, 0.3) is 11.3 Å². The van der Waals surface area contributed by atoms with Gasteiger partial charge < -0.3 is 23.5 Å². The minimum Gasteiger partial charge on any atom is -0.493 e. The lowest BCUT2D eigenvalue weighted by Gasteiger charge is -2.34. The van der Waals surface area contributed by atoms with Crippen molar-refractivity contribution in [2.24, 2.45) is 0 Å². The van der Waals surface area contributed by atoms with Crippen LogP contribution in [0, 0.1) is 0 Å². The van der Waals surface area contributed by atoms with Gasteiger partial charge in [0.05, 0.1) is 26.0 Å². The molecule has 1 aliphatic carbocycles. The van der Waals surface area contributed by atoms with Gasteiger partial charge in [-0.05, 0) is 37.5 Å². The molecule has 2 atom stereocenters. The highest BCUT2D eigenvalue weighted by atomic mass is 16.5. The van der Waals surface area contributed by atoms with Gasteiger partial charge in [0.1, 0.15) is 5.56 Å². The van der Waals surface area contributed by atoms with Crippen molar-refractivity contribution in [2.45, 2.75) is 44.6 Å². The lowest BCUT2D eigenvalue weighted by molar-refractivity contribution is 0.0523. The number of methoxy groups -OCH3 is 2. The van der Waals surface area contributed by atoms with Crippen molar-refractivity contribution in [1.82, 2.24) is 4.57 Å². The predicted molar refractivity (Wildman–Crippen MR) is 116 cm³/mol. The van der Waals surface area contributed by atoms with Crippen LogP contribution in [0.3, 0.4) is 0 Å². The zero-order valence-corrected chi connectivity index (χ0v) is 18.3. The zero-order valence-electron chi connectivity index (χ0n) is 18.3. The van der Waals surface area contributed by atoms with Crippen LogP contribution in [-0.2, 0) is 9.47 Å². The highest BCUT2D eigenvalue weighted by Gasteiger charge is 2.38. The number of nitrogens with zero attached hydrogens (tertiary/aromatic N) is 1. The van der Waals surface area contributed by atoms with E-state index in [1.165, 1.54) is 5.56 Å². The summed E-state index contributed by atoms with van der Waals surface area (Å²) in [6, 6.07) is 5.77. The van der Waals surface area contributed by atoms with Crippen LogP contribution in [0.4, 0.5) is 0 Å². The molecule has 7 nitrogen and oxygen atoms in total. The molecule has 2 heterocycles. The van der Waals surface area contributed by atoms with E-state index < -0.39 is 5.97 Å². The number of hydrogen-bond acceptors (Lipinski definition) is 6. The van der Waals surface area contributed by atoms with Crippen molar-refractivity contribution in [3.05, 3.63) is 45.7 Å². The second-order valence-corrected chi connectivity index (χ2v) is 7.95. The van der Waals surface area contributed by atoms with Crippen molar-refractivity contribution in [3.63, 3.8) is 0 Å². The SMILES string of the molecule is CCOC(=O)c1cn2c(cc1=O)-c1cc(OC)c(OCCCOC)cc1C1CCCC12. The highest BCUT2D eigenvalue weighted by molar-refractivity contribution is 5.89. The van der Waals surface area contributed by atoms with Crippen LogP contribution in [0.15, 0.2) is 29.2 Å². The summed E-state index contributed by atoms with van der Waals surface area (Å²) in [5, 5.41) is 0. The molecular formula is C24H29NO6. The molecule has 1 aromatic heterocycles. The van der Waals surface area contributed by atoms with E-state index in [0.29, 0.717) is 30.6 Å². The molecule has 4 rings (SSSR count). The van der Waals surface area contributed by atoms with E-state index in [2.05, 4.69) is 10.6 Å². The summed E-state index contributed by atoms with van der Waals surface area (Å²) in [4.78, 5) is 25.1. The van der Waals surface area contributed by atoms with Crippen molar-refractivity contribution in [3.8, 4) is 22.8 Å². The predicted octanol–water partition coefficient (Wildman–Crippen LogP) is 3.94. The van der Waals surface area contributed by atoms with Crippen LogP contribution >= 0.6 is 0 Å². The van der Waals surface area contributed by atoms with Crippen molar-refractivity contribution in [2.75, 3.05) is 34.0 Å². The molecule has 0 spiro atoms. The number of ether oxygens (including phenoxy) is 4. The van der Waals surface area contributed by atoms with E-state index in [1.54, 1.807) is 33.4 Å². The Hall–Kier alpha value is -2.80. The van der Waals surface area contributed by atoms with Gasteiger partial charge in [-0.25, -0.2) is 4.79 Å². The number of pyridine rings is 1. The van der Waals surface area contributed by atoms with Gasteiger partial charge in [0.25, 0.3) is 0 Å². The van der Waals surface area contributed by atoms with E-state index in [9.17, 15) is 9.59 Å². The standard InChI is InChI=1S/C24H29NO6/c1-4-30-24(27)18-14-25-19-8-5-7-15(19)16-11-23(31-10-6-9-28-2)22(29-3)12-17(16)20(25)13-21(18)26/h11-15,19H,4-10H2,1-3H3. The summed E-state index contributed by atoms with van der Waals surface area (Å²) in [5.74, 6) is 1.07. The van der Waals surface area contributed by atoms with Crippen LogP contribution in [0.5, 0.6) is 11.5 Å². The topological polar surface area (TPSA) is 76.0 Å². The molecule has 31 heavy (non-hydrogen) atoms. The van der Waals surface area contributed by atoms with E-state index >= 15 is 0 Å². The molecule has 1 aromatic carbocycles. The second-order valence-electron chi connectivity index (χ2n) is 7.95. The van der Waals surface area contributed by atoms with Gasteiger partial charge in [-0.2, -0.15) is 0 Å². The molecule has 0 saturated heterocycles. The molecule has 2 aromatic rings. The number of rotatable bonds is 8. The van der Waals surface area contributed by atoms with Crippen molar-refractivity contribution < 1.29 is 23.7 Å². The Morgan fingerprint density at radius 3 is 2.71 bits per heavy atom. The summed E-state index contributed by atoms with van der Waals surface area (Å²) < 4.78 is 23.9. The maximum Gasteiger partial charge on any atom is 0.343 e. The first-order chi connectivity index (χ1) is 15.1. The number of aromatic nitrogens is 1. The van der Waals surface area contributed by atoms with E-state index in [4.69, 9.17) is 18.9 Å². The average Bonchev–Trinajstić information content (AvgIpc) is 3.26. The summed E-state index contributed by atoms with van der Waals surface area (Å²) in [6.07, 6.45) is 5.61. The summed E-state index contributed by atoms with van der Waals surface area (Å²) >= 11 is 0. The molecule has 166 valence electrons. The lowest BCUT2D eigenvalue weighted by Crippen LogP contribution is -2.27. The summed E-state index contributed by atoms with van der Waals surface area (Å²) in [7, 11) is 3.29. The molecule has 1 fully saturated rings. The van der Waals surface area contributed by atoms with E-state index in [0.717, 1.165) is 36.9 Å². The summed E-state index contributed by atoms with van der Waals surface area (Å²) in [5.41, 5.74) is 2.70. The lowest BCUT2D eigenvalue weighted by atomic mass is 9.84. The molecule has 1 saturated carbocycles. The minimum atomic E-state index is -0.569. The van der Waals surface area contributed by atoms with Crippen LogP contribution in [-0.4, -0.2) is 44.6 Å². The number of hydrogen-bond donors (Lipinski definition) is 0. The third kappa shape index (κ3) is 3.94. The molecule has 1 aliphatic heterocycles. The molecule has 0 amide bonds. The monoisotopic (exact) mass is 427 g/mol. The number of benzene rings is 1. The van der Waals surface area contributed by atoms with Gasteiger partial charge in [0, 0.05) is 49.9 Å². The Bertz CT molecular complexity index is 1030. The Morgan fingerprint density at radius 1 is 1.13 bits per heavy atom. The second kappa shape index (κ2) is 9.14. The van der Waals surface area contributed by atoms with Gasteiger partial charge in [0.15, 0.2) is 16.9 Å². The first-order valence-electron chi connectivity index (χ1n) is 10.9. The molecule has 7 heteroatoms. The van der Waals surface area contributed by atoms with Crippen molar-refractivity contribution in [1.29, 1.82) is 0 Å². The molecule has 0 radical (unpaired) electrons. The normalized spacial score (nSPS) is 18.7. The molecule has 2 aliphatic rings. The van der Waals surface area contributed by atoms with Gasteiger partial charge in [0.2, 0.25) is 0 Å². The fourth-order valence-electron chi connectivity index (χ4n) is 4.80. The minimum absolute atomic E-state index is 0.0877. The third-order valence-electron chi connectivity index (χ3n) is 6.17. The number of carbonyl (C=O) groups excluding carboxylic acids is 1. The first-order valence-corrected chi connectivity index (χ1v) is 10.9. The average molecular weight is 427 g/mol. The third-order valence-corrected chi connectivity index (χ3v) is 6.17. The van der Waals surface area contributed by atoms with Crippen LogP contribution in [0.2, 0.25) is 0 Å². The molecule has 0 bridgehead atoms. The van der Waals surface area contributed by atoms with Gasteiger partial charge >= 0.3 is 5.97 Å². The fourth-order valence-corrected chi connectivity index (χ4v) is 4.80. The zero-order chi connectivity index (χ0) is 22.0. The van der Waals surface area contributed by atoms with Gasteiger partial charge in [-0.1, -0.05) is 6.42 Å². The molecular weight excluding hydrogens is 398 g/mol. The number of carbonyl (C=O) groups is 1. The largest absolute Gasteiger partial charge is 0.493 e. The van der Waals surface area contributed by atoms with Crippen LogP contribution in [0.1, 0.15) is 60.5 Å². The number of fused-ring (bicyclic) bond motifs is 6. The van der Waals surface area contributed by atoms with E-state index in [1.807, 2.05) is 6.07 Å².